The molecule has 0 aliphatic heterocycles. The van der Waals surface area contributed by atoms with Gasteiger partial charge in [0.25, 0.3) is 0 Å². The predicted octanol–water partition coefficient (Wildman–Crippen LogP) is 1.19. The summed E-state index contributed by atoms with van der Waals surface area (Å²) in [5.74, 6) is -1.23. The third kappa shape index (κ3) is 4.52. The topological polar surface area (TPSA) is 120 Å². The van der Waals surface area contributed by atoms with Crippen molar-refractivity contribution in [3.05, 3.63) is 35.7 Å². The van der Waals surface area contributed by atoms with Crippen LogP contribution >= 0.6 is 11.8 Å². The maximum atomic E-state index is 13.4. The van der Waals surface area contributed by atoms with Gasteiger partial charge in [-0.3, -0.25) is 4.79 Å². The molecular weight excluding hydrogens is 314 g/mol. The molecule has 0 saturated carbocycles. The average molecular weight is 326 g/mol. The van der Waals surface area contributed by atoms with Crippen molar-refractivity contribution in [2.75, 3.05) is 22.5 Å². The SMILES string of the molecule is Nc1nc(N)nc(CSCC(=O)Nc2cc(F)ccc2F)n1. The number of nitrogens with two attached hydrogens (primary N) is 2. The number of halogens is 2. The molecule has 0 spiro atoms. The van der Waals surface area contributed by atoms with Gasteiger partial charge in [0, 0.05) is 6.07 Å². The summed E-state index contributed by atoms with van der Waals surface area (Å²) in [6, 6.07) is 2.81. The van der Waals surface area contributed by atoms with Crippen LogP contribution in [0.15, 0.2) is 18.2 Å². The molecule has 1 aromatic heterocycles. The molecule has 2 aromatic rings. The van der Waals surface area contributed by atoms with Crippen LogP contribution in [-0.2, 0) is 10.5 Å². The number of hydrogen-bond acceptors (Lipinski definition) is 7. The highest BCUT2D eigenvalue weighted by atomic mass is 32.2. The molecule has 0 saturated heterocycles. The molecule has 1 heterocycles. The van der Waals surface area contributed by atoms with E-state index in [0.717, 1.165) is 18.2 Å². The zero-order valence-corrected chi connectivity index (χ0v) is 12.0. The number of aromatic nitrogens is 3. The second kappa shape index (κ2) is 6.98. The molecule has 0 radical (unpaired) electrons. The van der Waals surface area contributed by atoms with Gasteiger partial charge in [0.15, 0.2) is 0 Å². The number of rotatable bonds is 5. The largest absolute Gasteiger partial charge is 0.368 e. The third-order valence-electron chi connectivity index (χ3n) is 2.38. The number of carbonyl (C=O) groups excluding carboxylic acids is 1. The Balaban J connectivity index is 1.86. The van der Waals surface area contributed by atoms with Gasteiger partial charge in [-0.1, -0.05) is 0 Å². The van der Waals surface area contributed by atoms with Crippen molar-refractivity contribution in [3.63, 3.8) is 0 Å². The second-order valence-corrected chi connectivity index (χ2v) is 5.12. The number of benzene rings is 1. The minimum Gasteiger partial charge on any atom is -0.368 e. The van der Waals surface area contributed by atoms with Gasteiger partial charge in [-0.25, -0.2) is 8.78 Å². The van der Waals surface area contributed by atoms with Crippen LogP contribution in [0.4, 0.5) is 26.4 Å². The van der Waals surface area contributed by atoms with Crippen LogP contribution in [0.2, 0.25) is 0 Å². The number of thioether (sulfide) groups is 1. The lowest BCUT2D eigenvalue weighted by Gasteiger charge is -2.06. The molecule has 10 heteroatoms. The molecule has 0 bridgehead atoms. The highest BCUT2D eigenvalue weighted by Gasteiger charge is 2.09. The Morgan fingerprint density at radius 3 is 2.55 bits per heavy atom. The van der Waals surface area contributed by atoms with E-state index in [2.05, 4.69) is 20.3 Å². The van der Waals surface area contributed by atoms with Crippen LogP contribution in [0.1, 0.15) is 5.82 Å². The van der Waals surface area contributed by atoms with E-state index in [1.807, 2.05) is 0 Å². The summed E-state index contributed by atoms with van der Waals surface area (Å²) in [6.07, 6.45) is 0. The molecule has 5 N–H and O–H groups in total. The molecular formula is C12H12F2N6OS. The Bertz CT molecular complexity index is 679. The standard InChI is InChI=1S/C12H12F2N6OS/c13-6-1-2-7(14)8(3-6)17-10(21)5-22-4-9-18-11(15)20-12(16)19-9/h1-3H,4-5H2,(H,17,21)(H4,15,16,18,19,20). The predicted molar refractivity (Wildman–Crippen MR) is 79.8 cm³/mol. The Morgan fingerprint density at radius 2 is 1.86 bits per heavy atom. The molecule has 0 aliphatic rings. The zero-order chi connectivity index (χ0) is 16.1. The fraction of sp³-hybridized carbons (Fsp3) is 0.167. The number of amides is 1. The van der Waals surface area contributed by atoms with E-state index in [-0.39, 0.29) is 29.1 Å². The summed E-state index contributed by atoms with van der Waals surface area (Å²) in [6.45, 7) is 0. The van der Waals surface area contributed by atoms with Crippen LogP contribution < -0.4 is 16.8 Å². The Kier molecular flexibility index (Phi) is 5.04. The quantitative estimate of drug-likeness (QED) is 0.754. The van der Waals surface area contributed by atoms with Crippen LogP contribution in [0.3, 0.4) is 0 Å². The van der Waals surface area contributed by atoms with Gasteiger partial charge in [0.2, 0.25) is 17.8 Å². The maximum Gasteiger partial charge on any atom is 0.234 e. The Labute approximate surface area is 128 Å². The van der Waals surface area contributed by atoms with Crippen molar-refractivity contribution in [2.45, 2.75) is 5.75 Å². The van der Waals surface area contributed by atoms with Gasteiger partial charge >= 0.3 is 0 Å². The molecule has 7 nitrogen and oxygen atoms in total. The number of anilines is 3. The van der Waals surface area contributed by atoms with Crippen molar-refractivity contribution in [3.8, 4) is 0 Å². The summed E-state index contributed by atoms with van der Waals surface area (Å²) in [7, 11) is 0. The van der Waals surface area contributed by atoms with E-state index in [0.29, 0.717) is 5.82 Å². The summed E-state index contributed by atoms with van der Waals surface area (Å²) >= 11 is 1.17. The van der Waals surface area contributed by atoms with Gasteiger partial charge in [0.1, 0.15) is 17.5 Å². The lowest BCUT2D eigenvalue weighted by molar-refractivity contribution is -0.113. The van der Waals surface area contributed by atoms with Crippen molar-refractivity contribution >= 4 is 35.3 Å². The number of hydrogen-bond donors (Lipinski definition) is 3. The van der Waals surface area contributed by atoms with Gasteiger partial charge in [-0.2, -0.15) is 15.0 Å². The Morgan fingerprint density at radius 1 is 1.18 bits per heavy atom. The molecule has 22 heavy (non-hydrogen) atoms. The second-order valence-electron chi connectivity index (χ2n) is 4.13. The Hall–Kier alpha value is -2.49. The summed E-state index contributed by atoms with van der Waals surface area (Å²) < 4.78 is 26.3. The van der Waals surface area contributed by atoms with E-state index < -0.39 is 17.5 Å². The van der Waals surface area contributed by atoms with Gasteiger partial charge in [0.05, 0.1) is 17.2 Å². The minimum atomic E-state index is -0.710. The average Bonchev–Trinajstić information content (AvgIpc) is 2.42. The summed E-state index contributed by atoms with van der Waals surface area (Å²) in [4.78, 5) is 23.0. The molecule has 0 fully saturated rings. The van der Waals surface area contributed by atoms with Crippen LogP contribution in [0, 0.1) is 11.6 Å². The first-order valence-electron chi connectivity index (χ1n) is 6.02. The normalized spacial score (nSPS) is 10.5. The number of nitrogens with zero attached hydrogens (tertiary/aromatic N) is 3. The molecule has 1 aromatic carbocycles. The summed E-state index contributed by atoms with van der Waals surface area (Å²) in [5, 5.41) is 2.28. The number of carbonyl (C=O) groups is 1. The van der Waals surface area contributed by atoms with E-state index >= 15 is 0 Å². The molecule has 0 atom stereocenters. The first-order chi connectivity index (χ1) is 10.4. The van der Waals surface area contributed by atoms with E-state index in [4.69, 9.17) is 11.5 Å². The van der Waals surface area contributed by atoms with Gasteiger partial charge in [-0.15, -0.1) is 11.8 Å². The lowest BCUT2D eigenvalue weighted by Crippen LogP contribution is -2.15. The van der Waals surface area contributed by atoms with Crippen LogP contribution in [0.25, 0.3) is 0 Å². The van der Waals surface area contributed by atoms with Gasteiger partial charge < -0.3 is 16.8 Å². The van der Waals surface area contributed by atoms with Crippen LogP contribution in [-0.4, -0.2) is 26.6 Å². The highest BCUT2D eigenvalue weighted by molar-refractivity contribution is 7.99. The smallest absolute Gasteiger partial charge is 0.234 e. The minimum absolute atomic E-state index is 0.00143. The van der Waals surface area contributed by atoms with Crippen LogP contribution in [0.5, 0.6) is 0 Å². The van der Waals surface area contributed by atoms with E-state index in [1.54, 1.807) is 0 Å². The fourth-order valence-corrected chi connectivity index (χ4v) is 2.21. The van der Waals surface area contributed by atoms with Crippen molar-refractivity contribution in [2.24, 2.45) is 0 Å². The highest BCUT2D eigenvalue weighted by Crippen LogP contribution is 2.16. The monoisotopic (exact) mass is 326 g/mol. The first kappa shape index (κ1) is 15.9. The molecule has 0 unspecified atom stereocenters. The molecule has 116 valence electrons. The van der Waals surface area contributed by atoms with E-state index in [9.17, 15) is 13.6 Å². The van der Waals surface area contributed by atoms with Gasteiger partial charge in [-0.05, 0) is 12.1 Å². The van der Waals surface area contributed by atoms with E-state index in [1.165, 1.54) is 11.8 Å². The number of nitrogen functional groups attached to an aromatic ring is 2. The van der Waals surface area contributed by atoms with Crippen molar-refractivity contribution in [1.82, 2.24) is 15.0 Å². The molecule has 1 amide bonds. The zero-order valence-electron chi connectivity index (χ0n) is 11.2. The van der Waals surface area contributed by atoms with Crippen molar-refractivity contribution in [1.29, 1.82) is 0 Å². The summed E-state index contributed by atoms with van der Waals surface area (Å²) in [5.41, 5.74) is 10.6. The maximum absolute atomic E-state index is 13.4. The molecule has 0 aliphatic carbocycles. The molecule has 2 rings (SSSR count). The fourth-order valence-electron chi connectivity index (χ4n) is 1.54. The number of nitrogens with one attached hydrogen (secondary N) is 1. The third-order valence-corrected chi connectivity index (χ3v) is 3.31. The lowest BCUT2D eigenvalue weighted by atomic mass is 10.3. The first-order valence-corrected chi connectivity index (χ1v) is 7.18. The van der Waals surface area contributed by atoms with Crippen molar-refractivity contribution < 1.29 is 13.6 Å².